The van der Waals surface area contributed by atoms with Gasteiger partial charge in [-0.25, -0.2) is 9.97 Å². The van der Waals surface area contributed by atoms with Crippen molar-refractivity contribution in [2.45, 2.75) is 6.92 Å². The molecule has 0 aliphatic rings. The van der Waals surface area contributed by atoms with E-state index in [-0.39, 0.29) is 0 Å². The van der Waals surface area contributed by atoms with Crippen molar-refractivity contribution in [3.8, 4) is 5.82 Å². The van der Waals surface area contributed by atoms with Crippen molar-refractivity contribution < 1.29 is 0 Å². The molecule has 0 amide bonds. The molecule has 0 fully saturated rings. The largest absolute Gasteiger partial charge is 0.384 e. The molecule has 0 saturated heterocycles. The molecule has 2 aromatic rings. The Morgan fingerprint density at radius 1 is 1.43 bits per heavy atom. The predicted molar refractivity (Wildman–Crippen MR) is 55.5 cm³/mol. The number of rotatable bonds is 3. The SMILES string of the molecule is CCNc1ccc(-n2ccnc2)nc1. The van der Waals surface area contributed by atoms with Crippen molar-refractivity contribution in [1.82, 2.24) is 14.5 Å². The van der Waals surface area contributed by atoms with Crippen LogP contribution < -0.4 is 5.32 Å². The summed E-state index contributed by atoms with van der Waals surface area (Å²) in [7, 11) is 0. The first-order valence-electron chi connectivity index (χ1n) is 4.58. The summed E-state index contributed by atoms with van der Waals surface area (Å²) in [4.78, 5) is 8.26. The highest BCUT2D eigenvalue weighted by Gasteiger charge is 1.96. The van der Waals surface area contributed by atoms with Crippen molar-refractivity contribution in [3.63, 3.8) is 0 Å². The van der Waals surface area contributed by atoms with E-state index in [2.05, 4.69) is 22.2 Å². The maximum atomic E-state index is 4.30. The molecule has 2 rings (SSSR count). The quantitative estimate of drug-likeness (QED) is 0.797. The van der Waals surface area contributed by atoms with Gasteiger partial charge in [0.05, 0.1) is 11.9 Å². The fraction of sp³-hybridized carbons (Fsp3) is 0.200. The van der Waals surface area contributed by atoms with Crippen LogP contribution in [0.1, 0.15) is 6.92 Å². The smallest absolute Gasteiger partial charge is 0.137 e. The summed E-state index contributed by atoms with van der Waals surface area (Å²) in [5.41, 5.74) is 1.04. The van der Waals surface area contributed by atoms with Gasteiger partial charge in [0.1, 0.15) is 12.1 Å². The van der Waals surface area contributed by atoms with Gasteiger partial charge in [-0.3, -0.25) is 4.57 Å². The van der Waals surface area contributed by atoms with Crippen molar-refractivity contribution in [1.29, 1.82) is 0 Å². The molecule has 0 aliphatic heterocycles. The summed E-state index contributed by atoms with van der Waals surface area (Å²) in [5.74, 6) is 0.879. The highest BCUT2D eigenvalue weighted by Crippen LogP contribution is 2.08. The molecule has 1 N–H and O–H groups in total. The normalized spacial score (nSPS) is 10.1. The number of pyridine rings is 1. The van der Waals surface area contributed by atoms with E-state index < -0.39 is 0 Å². The lowest BCUT2D eigenvalue weighted by atomic mass is 10.4. The summed E-state index contributed by atoms with van der Waals surface area (Å²) >= 11 is 0. The highest BCUT2D eigenvalue weighted by molar-refractivity contribution is 5.43. The summed E-state index contributed by atoms with van der Waals surface area (Å²) in [6, 6.07) is 3.96. The fourth-order valence-electron chi connectivity index (χ4n) is 1.24. The van der Waals surface area contributed by atoms with Crippen LogP contribution in [0.2, 0.25) is 0 Å². The lowest BCUT2D eigenvalue weighted by Crippen LogP contribution is -1.99. The van der Waals surface area contributed by atoms with Crippen LogP contribution in [0.5, 0.6) is 0 Å². The van der Waals surface area contributed by atoms with Crippen molar-refractivity contribution in [3.05, 3.63) is 37.1 Å². The third-order valence-electron chi connectivity index (χ3n) is 1.90. The van der Waals surface area contributed by atoms with Crippen LogP contribution >= 0.6 is 0 Å². The molecule has 0 bridgehead atoms. The second-order valence-electron chi connectivity index (χ2n) is 2.91. The number of nitrogens with zero attached hydrogens (tertiary/aromatic N) is 3. The molecule has 72 valence electrons. The predicted octanol–water partition coefficient (Wildman–Crippen LogP) is 1.70. The fourth-order valence-corrected chi connectivity index (χ4v) is 1.24. The molecule has 0 aliphatic carbocycles. The molecule has 4 heteroatoms. The van der Waals surface area contributed by atoms with Gasteiger partial charge in [0.15, 0.2) is 0 Å². The van der Waals surface area contributed by atoms with Crippen molar-refractivity contribution in [2.24, 2.45) is 0 Å². The number of nitrogens with one attached hydrogen (secondary N) is 1. The average Bonchev–Trinajstić information content (AvgIpc) is 2.72. The summed E-state index contributed by atoms with van der Waals surface area (Å²) in [6.45, 7) is 2.97. The Morgan fingerprint density at radius 3 is 2.93 bits per heavy atom. The summed E-state index contributed by atoms with van der Waals surface area (Å²) in [6.07, 6.45) is 7.16. The van der Waals surface area contributed by atoms with E-state index in [1.54, 1.807) is 12.5 Å². The standard InChI is InChI=1S/C10H12N4/c1-2-12-9-3-4-10(13-7-9)14-6-5-11-8-14/h3-8,12H,2H2,1H3. The van der Waals surface area contributed by atoms with Crippen LogP contribution in [-0.2, 0) is 0 Å². The van der Waals surface area contributed by atoms with Crippen LogP contribution in [-0.4, -0.2) is 21.1 Å². The topological polar surface area (TPSA) is 42.7 Å². The molecule has 4 nitrogen and oxygen atoms in total. The zero-order valence-electron chi connectivity index (χ0n) is 8.01. The molecule has 0 saturated carbocycles. The molecule has 0 aromatic carbocycles. The zero-order valence-corrected chi connectivity index (χ0v) is 8.01. The molecule has 0 spiro atoms. The Hall–Kier alpha value is -1.84. The van der Waals surface area contributed by atoms with E-state index in [0.29, 0.717) is 0 Å². The van der Waals surface area contributed by atoms with Gasteiger partial charge in [-0.05, 0) is 19.1 Å². The van der Waals surface area contributed by atoms with Crippen LogP contribution in [0.4, 0.5) is 5.69 Å². The first-order valence-corrected chi connectivity index (χ1v) is 4.58. The lowest BCUT2D eigenvalue weighted by Gasteiger charge is -2.04. The molecule has 2 aromatic heterocycles. The molecule has 2 heterocycles. The number of aromatic nitrogens is 3. The van der Waals surface area contributed by atoms with Gasteiger partial charge >= 0.3 is 0 Å². The molecular formula is C10H12N4. The van der Waals surface area contributed by atoms with Crippen LogP contribution in [0, 0.1) is 0 Å². The third kappa shape index (κ3) is 1.74. The van der Waals surface area contributed by atoms with Crippen molar-refractivity contribution in [2.75, 3.05) is 11.9 Å². The summed E-state index contributed by atoms with van der Waals surface area (Å²) < 4.78 is 1.87. The van der Waals surface area contributed by atoms with Crippen molar-refractivity contribution >= 4 is 5.69 Å². The van der Waals surface area contributed by atoms with Gasteiger partial charge in [-0.1, -0.05) is 0 Å². The zero-order chi connectivity index (χ0) is 9.80. The minimum Gasteiger partial charge on any atom is -0.384 e. The van der Waals surface area contributed by atoms with Gasteiger partial charge in [-0.15, -0.1) is 0 Å². The number of imidazole rings is 1. The first kappa shape index (κ1) is 8.74. The van der Waals surface area contributed by atoms with E-state index in [9.17, 15) is 0 Å². The van der Waals surface area contributed by atoms with Crippen LogP contribution in [0.15, 0.2) is 37.1 Å². The first-order chi connectivity index (χ1) is 6.90. The van der Waals surface area contributed by atoms with E-state index in [0.717, 1.165) is 18.1 Å². The maximum Gasteiger partial charge on any atom is 0.137 e. The van der Waals surface area contributed by atoms with Crippen LogP contribution in [0.3, 0.4) is 0 Å². The van der Waals surface area contributed by atoms with Gasteiger partial charge in [0.25, 0.3) is 0 Å². The van der Waals surface area contributed by atoms with Gasteiger partial charge in [0.2, 0.25) is 0 Å². The Bertz CT molecular complexity index is 377. The van der Waals surface area contributed by atoms with E-state index in [4.69, 9.17) is 0 Å². The Morgan fingerprint density at radius 2 is 2.36 bits per heavy atom. The van der Waals surface area contributed by atoms with E-state index in [1.165, 1.54) is 0 Å². The molecule has 0 radical (unpaired) electrons. The van der Waals surface area contributed by atoms with Gasteiger partial charge < -0.3 is 5.32 Å². The molecule has 0 unspecified atom stereocenters. The Balaban J connectivity index is 2.22. The second kappa shape index (κ2) is 3.91. The lowest BCUT2D eigenvalue weighted by molar-refractivity contribution is 0.992. The minimum atomic E-state index is 0.879. The summed E-state index contributed by atoms with van der Waals surface area (Å²) in [5, 5.41) is 3.19. The maximum absolute atomic E-state index is 4.30. The number of hydrogen-bond acceptors (Lipinski definition) is 3. The number of anilines is 1. The molecule has 14 heavy (non-hydrogen) atoms. The van der Waals surface area contributed by atoms with E-state index in [1.807, 2.05) is 29.1 Å². The van der Waals surface area contributed by atoms with Gasteiger partial charge in [0, 0.05) is 18.9 Å². The molecule has 0 atom stereocenters. The van der Waals surface area contributed by atoms with E-state index >= 15 is 0 Å². The minimum absolute atomic E-state index is 0.879. The Kier molecular flexibility index (Phi) is 2.44. The molecular weight excluding hydrogens is 176 g/mol. The third-order valence-corrected chi connectivity index (χ3v) is 1.90. The average molecular weight is 188 g/mol. The monoisotopic (exact) mass is 188 g/mol. The van der Waals surface area contributed by atoms with Gasteiger partial charge in [-0.2, -0.15) is 0 Å². The highest BCUT2D eigenvalue weighted by atomic mass is 15.1. The number of hydrogen-bond donors (Lipinski definition) is 1. The second-order valence-corrected chi connectivity index (χ2v) is 2.91. The van der Waals surface area contributed by atoms with Crippen LogP contribution in [0.25, 0.3) is 5.82 Å². The Labute approximate surface area is 82.6 Å².